The summed E-state index contributed by atoms with van der Waals surface area (Å²) in [6.45, 7) is -0.875. The van der Waals surface area contributed by atoms with E-state index in [4.69, 9.17) is 4.52 Å². The number of aromatic nitrogens is 2. The van der Waals surface area contributed by atoms with E-state index in [0.29, 0.717) is 17.4 Å². The Balaban J connectivity index is 1.73. The van der Waals surface area contributed by atoms with Crippen molar-refractivity contribution < 1.29 is 18.0 Å². The van der Waals surface area contributed by atoms with Crippen LogP contribution >= 0.6 is 11.3 Å². The lowest BCUT2D eigenvalue weighted by molar-refractivity contribution is -0.0493. The zero-order valence-corrected chi connectivity index (χ0v) is 12.9. The van der Waals surface area contributed by atoms with Crippen LogP contribution in [0.25, 0.3) is 10.7 Å². The predicted octanol–water partition coefficient (Wildman–Crippen LogP) is 4.32. The number of aryl methyl sites for hydroxylation is 1. The molecule has 0 aliphatic heterocycles. The molecule has 0 bridgehead atoms. The molecule has 8 heteroatoms. The molecule has 0 saturated heterocycles. The van der Waals surface area contributed by atoms with E-state index in [9.17, 15) is 8.78 Å². The number of nitrogens with one attached hydrogen (secondary N) is 1. The summed E-state index contributed by atoms with van der Waals surface area (Å²) >= 11 is 1.51. The smallest absolute Gasteiger partial charge is 0.387 e. The van der Waals surface area contributed by atoms with Gasteiger partial charge in [0.05, 0.1) is 17.1 Å². The second-order valence-electron chi connectivity index (χ2n) is 4.67. The van der Waals surface area contributed by atoms with Crippen LogP contribution in [0.3, 0.4) is 0 Å². The molecule has 1 N–H and O–H groups in total. The highest BCUT2D eigenvalue weighted by molar-refractivity contribution is 7.13. The largest absolute Gasteiger partial charge is 0.433 e. The molecule has 0 saturated carbocycles. The number of halogens is 2. The Morgan fingerprint density at radius 2 is 2.17 bits per heavy atom. The van der Waals surface area contributed by atoms with Gasteiger partial charge in [-0.3, -0.25) is 0 Å². The summed E-state index contributed by atoms with van der Waals surface area (Å²) in [5.41, 5.74) is 1.25. The minimum atomic E-state index is -2.88. The molecule has 0 atom stereocenters. The minimum Gasteiger partial charge on any atom is -0.433 e. The van der Waals surface area contributed by atoms with E-state index in [1.807, 2.05) is 17.5 Å². The quantitative estimate of drug-likeness (QED) is 0.726. The summed E-state index contributed by atoms with van der Waals surface area (Å²) in [6, 6.07) is 8.72. The van der Waals surface area contributed by atoms with Gasteiger partial charge in [0.1, 0.15) is 5.75 Å². The van der Waals surface area contributed by atoms with Crippen molar-refractivity contribution in [2.75, 3.05) is 5.32 Å². The van der Waals surface area contributed by atoms with E-state index >= 15 is 0 Å². The number of hydrogen-bond acceptors (Lipinski definition) is 6. The molecule has 0 fully saturated rings. The number of hydrogen-bond donors (Lipinski definition) is 1. The molecule has 3 aromatic rings. The Labute approximate surface area is 134 Å². The first kappa shape index (κ1) is 15.4. The van der Waals surface area contributed by atoms with Gasteiger partial charge in [-0.15, -0.1) is 11.3 Å². The maximum absolute atomic E-state index is 12.5. The molecule has 3 rings (SSSR count). The molecule has 0 radical (unpaired) electrons. The van der Waals surface area contributed by atoms with Crippen LogP contribution < -0.4 is 10.1 Å². The number of benzene rings is 1. The van der Waals surface area contributed by atoms with Crippen LogP contribution in [0.2, 0.25) is 0 Å². The fourth-order valence-electron chi connectivity index (χ4n) is 2.06. The fraction of sp³-hybridized carbons (Fsp3) is 0.200. The third-order valence-electron chi connectivity index (χ3n) is 3.08. The minimum absolute atomic E-state index is 0.0815. The molecule has 23 heavy (non-hydrogen) atoms. The normalized spacial score (nSPS) is 11.0. The van der Waals surface area contributed by atoms with Crippen LogP contribution in [0.15, 0.2) is 40.2 Å². The molecular formula is C15H13F2N3O2S. The maximum atomic E-state index is 12.5. The second kappa shape index (κ2) is 6.74. The Morgan fingerprint density at radius 3 is 2.91 bits per heavy atom. The summed E-state index contributed by atoms with van der Waals surface area (Å²) in [7, 11) is 0. The highest BCUT2D eigenvalue weighted by atomic mass is 32.1. The molecule has 120 valence electrons. The predicted molar refractivity (Wildman–Crippen MR) is 82.7 cm³/mol. The number of thiophene rings is 1. The molecule has 5 nitrogen and oxygen atoms in total. The molecule has 0 amide bonds. The molecule has 0 spiro atoms. The van der Waals surface area contributed by atoms with Gasteiger partial charge in [0.25, 0.3) is 0 Å². The van der Waals surface area contributed by atoms with Crippen molar-refractivity contribution in [1.82, 2.24) is 10.1 Å². The first-order valence-corrected chi connectivity index (χ1v) is 7.66. The third-order valence-corrected chi connectivity index (χ3v) is 3.94. The van der Waals surface area contributed by atoms with Gasteiger partial charge in [0, 0.05) is 0 Å². The average Bonchev–Trinajstić information content (AvgIpc) is 3.17. The van der Waals surface area contributed by atoms with Gasteiger partial charge < -0.3 is 14.6 Å². The van der Waals surface area contributed by atoms with Crippen LogP contribution in [0.4, 0.5) is 14.5 Å². The lowest BCUT2D eigenvalue weighted by Gasteiger charge is -2.13. The van der Waals surface area contributed by atoms with E-state index in [1.165, 1.54) is 17.4 Å². The maximum Gasteiger partial charge on any atom is 0.387 e. The van der Waals surface area contributed by atoms with Crippen molar-refractivity contribution in [3.05, 3.63) is 47.2 Å². The van der Waals surface area contributed by atoms with Gasteiger partial charge >= 0.3 is 6.61 Å². The molecule has 0 unspecified atom stereocenters. The molecule has 2 aromatic heterocycles. The Hall–Kier alpha value is -2.48. The van der Waals surface area contributed by atoms with Crippen LogP contribution in [0, 0.1) is 6.92 Å². The lowest BCUT2D eigenvalue weighted by Crippen LogP contribution is -2.08. The van der Waals surface area contributed by atoms with Gasteiger partial charge in [0.2, 0.25) is 11.7 Å². The van der Waals surface area contributed by atoms with Crippen molar-refractivity contribution in [2.24, 2.45) is 0 Å². The second-order valence-corrected chi connectivity index (χ2v) is 5.62. The molecule has 0 aliphatic carbocycles. The van der Waals surface area contributed by atoms with Gasteiger partial charge in [-0.25, -0.2) is 0 Å². The van der Waals surface area contributed by atoms with Crippen molar-refractivity contribution >= 4 is 17.0 Å². The van der Waals surface area contributed by atoms with E-state index in [-0.39, 0.29) is 12.3 Å². The summed E-state index contributed by atoms with van der Waals surface area (Å²) in [5, 5.41) is 8.83. The van der Waals surface area contributed by atoms with E-state index in [1.54, 1.807) is 19.1 Å². The summed E-state index contributed by atoms with van der Waals surface area (Å²) in [5.74, 6) is 0.947. The zero-order chi connectivity index (χ0) is 16.2. The SMILES string of the molecule is Cc1cccc(OC(F)F)c1NCc1nc(-c2cccs2)no1. The van der Waals surface area contributed by atoms with Crippen molar-refractivity contribution in [1.29, 1.82) is 0 Å². The van der Waals surface area contributed by atoms with Crippen molar-refractivity contribution in [2.45, 2.75) is 20.1 Å². The Bertz CT molecular complexity index is 775. The number of para-hydroxylation sites is 1. The van der Waals surface area contributed by atoms with E-state index in [2.05, 4.69) is 20.2 Å². The number of anilines is 1. The fourth-order valence-corrected chi connectivity index (χ4v) is 2.71. The zero-order valence-electron chi connectivity index (χ0n) is 12.1. The van der Waals surface area contributed by atoms with Crippen LogP contribution in [0.5, 0.6) is 5.75 Å². The Kier molecular flexibility index (Phi) is 4.52. The first-order chi connectivity index (χ1) is 11.1. The molecular weight excluding hydrogens is 324 g/mol. The van der Waals surface area contributed by atoms with Crippen LogP contribution in [0.1, 0.15) is 11.5 Å². The molecule has 2 heterocycles. The number of alkyl halides is 2. The monoisotopic (exact) mass is 337 g/mol. The highest BCUT2D eigenvalue weighted by Gasteiger charge is 2.14. The van der Waals surface area contributed by atoms with Gasteiger partial charge in [-0.05, 0) is 30.0 Å². The Morgan fingerprint density at radius 1 is 1.30 bits per heavy atom. The molecule has 0 aliphatic rings. The van der Waals surface area contributed by atoms with Crippen molar-refractivity contribution in [3.8, 4) is 16.5 Å². The highest BCUT2D eigenvalue weighted by Crippen LogP contribution is 2.30. The van der Waals surface area contributed by atoms with Gasteiger partial charge in [-0.1, -0.05) is 23.4 Å². The average molecular weight is 337 g/mol. The topological polar surface area (TPSA) is 60.2 Å². The lowest BCUT2D eigenvalue weighted by atomic mass is 10.2. The van der Waals surface area contributed by atoms with Gasteiger partial charge in [0.15, 0.2) is 0 Å². The number of ether oxygens (including phenoxy) is 1. The van der Waals surface area contributed by atoms with E-state index < -0.39 is 6.61 Å². The molecule has 1 aromatic carbocycles. The first-order valence-electron chi connectivity index (χ1n) is 6.78. The van der Waals surface area contributed by atoms with Gasteiger partial charge in [-0.2, -0.15) is 13.8 Å². The van der Waals surface area contributed by atoms with Crippen LogP contribution in [-0.2, 0) is 6.54 Å². The van der Waals surface area contributed by atoms with E-state index in [0.717, 1.165) is 10.4 Å². The van der Waals surface area contributed by atoms with Crippen LogP contribution in [-0.4, -0.2) is 16.8 Å². The number of rotatable bonds is 6. The third kappa shape index (κ3) is 3.65. The summed E-state index contributed by atoms with van der Waals surface area (Å²) < 4.78 is 34.6. The van der Waals surface area contributed by atoms with Crippen molar-refractivity contribution in [3.63, 3.8) is 0 Å². The number of nitrogens with zero attached hydrogens (tertiary/aromatic N) is 2. The standard InChI is InChI=1S/C15H13F2N3O2S/c1-9-4-2-5-10(21-15(16)17)13(9)18-8-12-19-14(20-22-12)11-6-3-7-23-11/h2-7,15,18H,8H2,1H3. The summed E-state index contributed by atoms with van der Waals surface area (Å²) in [4.78, 5) is 5.17. The summed E-state index contributed by atoms with van der Waals surface area (Å²) in [6.07, 6.45) is 0.